The fourth-order valence-corrected chi connectivity index (χ4v) is 2.34. The van der Waals surface area contributed by atoms with Crippen molar-refractivity contribution in [1.82, 2.24) is 9.78 Å². The molecule has 5 heteroatoms. The average Bonchev–Trinajstić information content (AvgIpc) is 2.87. The minimum atomic E-state index is -0.195. The topological polar surface area (TPSA) is 57.0 Å². The van der Waals surface area contributed by atoms with Crippen LogP contribution in [0.1, 0.15) is 35.7 Å². The molecule has 4 nitrogen and oxygen atoms in total. The molecule has 2 aromatic heterocycles. The van der Waals surface area contributed by atoms with Gasteiger partial charge < -0.3 is 10.2 Å². The molecule has 0 fully saturated rings. The second-order valence-electron chi connectivity index (χ2n) is 4.44. The highest BCUT2D eigenvalue weighted by molar-refractivity contribution is 6.31. The summed E-state index contributed by atoms with van der Waals surface area (Å²) in [6.45, 7) is 6.72. The van der Waals surface area contributed by atoms with Crippen LogP contribution in [-0.2, 0) is 13.0 Å². The quantitative estimate of drug-likeness (QED) is 0.926. The number of rotatable bonds is 4. The van der Waals surface area contributed by atoms with Gasteiger partial charge in [-0.3, -0.25) is 4.68 Å². The van der Waals surface area contributed by atoms with E-state index in [2.05, 4.69) is 5.10 Å². The van der Waals surface area contributed by atoms with Crippen molar-refractivity contribution in [2.75, 3.05) is 0 Å². The van der Waals surface area contributed by atoms with E-state index in [9.17, 15) is 0 Å². The third-order valence-electron chi connectivity index (χ3n) is 3.10. The van der Waals surface area contributed by atoms with E-state index in [1.54, 1.807) is 6.26 Å². The number of halogens is 1. The van der Waals surface area contributed by atoms with Crippen molar-refractivity contribution in [1.29, 1.82) is 0 Å². The predicted octanol–water partition coefficient (Wildman–Crippen LogP) is 3.01. The van der Waals surface area contributed by atoms with E-state index in [1.807, 2.05) is 31.5 Å². The zero-order chi connectivity index (χ0) is 13.3. The van der Waals surface area contributed by atoms with Gasteiger partial charge in [0.2, 0.25) is 0 Å². The molecule has 2 aromatic rings. The summed E-state index contributed by atoms with van der Waals surface area (Å²) in [6, 6.07) is 1.72. The Labute approximate surface area is 112 Å². The third kappa shape index (κ3) is 2.31. The van der Waals surface area contributed by atoms with Crippen LogP contribution in [-0.4, -0.2) is 9.78 Å². The molecule has 98 valence electrons. The molecular weight excluding hydrogens is 250 g/mol. The summed E-state index contributed by atoms with van der Waals surface area (Å²) >= 11 is 6.27. The maximum absolute atomic E-state index is 6.27. The van der Waals surface area contributed by atoms with Crippen LogP contribution >= 0.6 is 11.6 Å². The highest BCUT2D eigenvalue weighted by atomic mass is 35.5. The lowest BCUT2D eigenvalue weighted by Crippen LogP contribution is -2.16. The zero-order valence-electron chi connectivity index (χ0n) is 10.9. The number of hydrogen-bond donors (Lipinski definition) is 1. The lowest BCUT2D eigenvalue weighted by Gasteiger charge is -2.11. The molecule has 1 unspecified atom stereocenters. The molecule has 18 heavy (non-hydrogen) atoms. The molecule has 2 heterocycles. The fourth-order valence-electron chi connectivity index (χ4n) is 2.13. The number of furan rings is 1. The second kappa shape index (κ2) is 5.16. The van der Waals surface area contributed by atoms with E-state index in [0.29, 0.717) is 11.4 Å². The van der Waals surface area contributed by atoms with Gasteiger partial charge in [-0.25, -0.2) is 0 Å². The van der Waals surface area contributed by atoms with Crippen LogP contribution in [0.15, 0.2) is 16.7 Å². The first-order chi connectivity index (χ1) is 8.54. The van der Waals surface area contributed by atoms with Gasteiger partial charge in [-0.05, 0) is 32.4 Å². The molecule has 0 amide bonds. The van der Waals surface area contributed by atoms with Crippen LogP contribution in [0.4, 0.5) is 0 Å². The smallest absolute Gasteiger partial charge is 0.123 e. The zero-order valence-corrected chi connectivity index (χ0v) is 11.7. The van der Waals surface area contributed by atoms with Gasteiger partial charge in [0.1, 0.15) is 5.76 Å². The largest absolute Gasteiger partial charge is 0.467 e. The highest BCUT2D eigenvalue weighted by Gasteiger charge is 2.19. The summed E-state index contributed by atoms with van der Waals surface area (Å²) in [5.41, 5.74) is 9.06. The summed E-state index contributed by atoms with van der Waals surface area (Å²) in [7, 11) is 0. The van der Waals surface area contributed by atoms with Crippen molar-refractivity contribution in [3.05, 3.63) is 40.1 Å². The normalized spacial score (nSPS) is 12.9. The van der Waals surface area contributed by atoms with E-state index >= 15 is 0 Å². The van der Waals surface area contributed by atoms with Crippen LogP contribution in [0.25, 0.3) is 0 Å². The first kappa shape index (κ1) is 13.2. The number of nitrogens with zero attached hydrogens (tertiary/aromatic N) is 2. The van der Waals surface area contributed by atoms with Gasteiger partial charge in [-0.1, -0.05) is 11.6 Å². The maximum Gasteiger partial charge on any atom is 0.123 e. The molecule has 0 spiro atoms. The van der Waals surface area contributed by atoms with E-state index in [0.717, 1.165) is 29.3 Å². The van der Waals surface area contributed by atoms with E-state index in [1.165, 1.54) is 0 Å². The van der Waals surface area contributed by atoms with Crippen molar-refractivity contribution in [3.63, 3.8) is 0 Å². The molecule has 2 rings (SSSR count). The SMILES string of the molecule is CCn1nc(C)c(Cl)c1CC(N)c1occc1C. The fraction of sp³-hybridized carbons (Fsp3) is 0.462. The summed E-state index contributed by atoms with van der Waals surface area (Å²) in [6.07, 6.45) is 2.29. The molecule has 0 aromatic carbocycles. The molecule has 0 aliphatic heterocycles. The molecule has 0 saturated heterocycles. The molecule has 0 bridgehead atoms. The highest BCUT2D eigenvalue weighted by Crippen LogP contribution is 2.26. The Morgan fingerprint density at radius 1 is 1.50 bits per heavy atom. The van der Waals surface area contributed by atoms with Gasteiger partial charge in [0.15, 0.2) is 0 Å². The molecule has 0 aliphatic carbocycles. The maximum atomic E-state index is 6.27. The Hall–Kier alpha value is -1.26. The minimum absolute atomic E-state index is 0.195. The standard InChI is InChI=1S/C13H18ClN3O/c1-4-17-11(12(14)9(3)16-17)7-10(15)13-8(2)5-6-18-13/h5-6,10H,4,7,15H2,1-3H3. The van der Waals surface area contributed by atoms with Crippen molar-refractivity contribution in [2.45, 2.75) is 39.8 Å². The van der Waals surface area contributed by atoms with Crippen LogP contribution in [0.3, 0.4) is 0 Å². The Kier molecular flexibility index (Phi) is 3.78. The van der Waals surface area contributed by atoms with Crippen LogP contribution in [0.5, 0.6) is 0 Å². The number of aryl methyl sites for hydroxylation is 3. The van der Waals surface area contributed by atoms with Gasteiger partial charge in [0.05, 0.1) is 28.7 Å². The Bertz CT molecular complexity index is 544. The average molecular weight is 268 g/mol. The van der Waals surface area contributed by atoms with Gasteiger partial charge >= 0.3 is 0 Å². The predicted molar refractivity (Wildman–Crippen MR) is 71.7 cm³/mol. The summed E-state index contributed by atoms with van der Waals surface area (Å²) in [4.78, 5) is 0. The molecule has 1 atom stereocenters. The summed E-state index contributed by atoms with van der Waals surface area (Å²) in [5, 5.41) is 5.09. The van der Waals surface area contributed by atoms with Gasteiger partial charge in [-0.2, -0.15) is 5.10 Å². The number of hydrogen-bond acceptors (Lipinski definition) is 3. The first-order valence-corrected chi connectivity index (χ1v) is 6.43. The Morgan fingerprint density at radius 2 is 2.22 bits per heavy atom. The van der Waals surface area contributed by atoms with Crippen LogP contribution in [0.2, 0.25) is 5.02 Å². The van der Waals surface area contributed by atoms with Gasteiger partial charge in [0.25, 0.3) is 0 Å². The molecular formula is C13H18ClN3O. The van der Waals surface area contributed by atoms with Gasteiger partial charge in [0, 0.05) is 13.0 Å². The molecule has 0 radical (unpaired) electrons. The summed E-state index contributed by atoms with van der Waals surface area (Å²) in [5.74, 6) is 0.813. The lowest BCUT2D eigenvalue weighted by molar-refractivity contribution is 0.453. The second-order valence-corrected chi connectivity index (χ2v) is 4.82. The van der Waals surface area contributed by atoms with Crippen LogP contribution < -0.4 is 5.73 Å². The number of nitrogens with two attached hydrogens (primary N) is 1. The molecule has 2 N–H and O–H groups in total. The van der Waals surface area contributed by atoms with E-state index in [4.69, 9.17) is 21.8 Å². The third-order valence-corrected chi connectivity index (χ3v) is 3.60. The Morgan fingerprint density at radius 3 is 2.78 bits per heavy atom. The van der Waals surface area contributed by atoms with Crippen molar-refractivity contribution >= 4 is 11.6 Å². The van der Waals surface area contributed by atoms with Crippen molar-refractivity contribution in [2.24, 2.45) is 5.73 Å². The lowest BCUT2D eigenvalue weighted by atomic mass is 10.1. The number of aromatic nitrogens is 2. The Balaban J connectivity index is 2.27. The van der Waals surface area contributed by atoms with E-state index < -0.39 is 0 Å². The van der Waals surface area contributed by atoms with E-state index in [-0.39, 0.29) is 6.04 Å². The molecule has 0 saturated carbocycles. The first-order valence-electron chi connectivity index (χ1n) is 6.06. The van der Waals surface area contributed by atoms with Gasteiger partial charge in [-0.15, -0.1) is 0 Å². The van der Waals surface area contributed by atoms with Crippen molar-refractivity contribution in [3.8, 4) is 0 Å². The van der Waals surface area contributed by atoms with Crippen LogP contribution in [0, 0.1) is 13.8 Å². The minimum Gasteiger partial charge on any atom is -0.467 e. The monoisotopic (exact) mass is 267 g/mol. The summed E-state index contributed by atoms with van der Waals surface area (Å²) < 4.78 is 7.32. The van der Waals surface area contributed by atoms with Crippen molar-refractivity contribution < 1.29 is 4.42 Å². The molecule has 0 aliphatic rings.